The number of nitrogens with zero attached hydrogens (tertiary/aromatic N) is 3. The Hall–Kier alpha value is -3.20. The van der Waals surface area contributed by atoms with E-state index in [9.17, 15) is 20.0 Å². The second-order valence-electron chi connectivity index (χ2n) is 4.76. The van der Waals surface area contributed by atoms with Crippen molar-refractivity contribution in [1.82, 2.24) is 14.9 Å². The number of fused-ring (bicyclic) bond motifs is 1. The van der Waals surface area contributed by atoms with E-state index in [2.05, 4.69) is 10.3 Å². The number of aromatic nitrogens is 2. The second kappa shape index (κ2) is 5.89. The Labute approximate surface area is 129 Å². The Morgan fingerprint density at radius 2 is 2.17 bits per heavy atom. The van der Waals surface area contributed by atoms with Gasteiger partial charge in [0.2, 0.25) is 5.91 Å². The molecular formula is C14H12N4O5. The minimum Gasteiger partial charge on any atom is -0.401 e. The van der Waals surface area contributed by atoms with Gasteiger partial charge < -0.3 is 19.4 Å². The number of imidazole rings is 1. The van der Waals surface area contributed by atoms with E-state index in [1.807, 2.05) is 24.3 Å². The van der Waals surface area contributed by atoms with E-state index in [1.54, 1.807) is 4.57 Å². The summed E-state index contributed by atoms with van der Waals surface area (Å²) < 4.78 is 6.46. The number of amides is 1. The molecule has 0 bridgehead atoms. The van der Waals surface area contributed by atoms with Gasteiger partial charge in [-0.1, -0.05) is 12.1 Å². The summed E-state index contributed by atoms with van der Waals surface area (Å²) >= 11 is 0. The lowest BCUT2D eigenvalue weighted by Crippen LogP contribution is -2.31. The Balaban J connectivity index is 1.67. The molecule has 0 aliphatic rings. The summed E-state index contributed by atoms with van der Waals surface area (Å²) in [5.74, 6) is -1.10. The van der Waals surface area contributed by atoms with Crippen LogP contribution in [0.5, 0.6) is 0 Å². The summed E-state index contributed by atoms with van der Waals surface area (Å²) in [7, 11) is 0. The van der Waals surface area contributed by atoms with E-state index in [4.69, 9.17) is 4.42 Å². The van der Waals surface area contributed by atoms with Crippen LogP contribution in [0.1, 0.15) is 12.0 Å². The highest BCUT2D eigenvalue weighted by Crippen LogP contribution is 2.20. The molecule has 0 radical (unpaired) electrons. The molecule has 2 N–H and O–H groups in total. The maximum atomic E-state index is 12.0. The number of hydrogen-bond acceptors (Lipinski definition) is 6. The van der Waals surface area contributed by atoms with Crippen molar-refractivity contribution in [3.63, 3.8) is 0 Å². The normalized spacial score (nSPS) is 12.2. The molecule has 0 saturated carbocycles. The first-order chi connectivity index (χ1) is 11.0. The Kier molecular flexibility index (Phi) is 3.77. The number of para-hydroxylation sites is 2. The topological polar surface area (TPSA) is 123 Å². The van der Waals surface area contributed by atoms with E-state index < -0.39 is 22.9 Å². The van der Waals surface area contributed by atoms with E-state index in [1.165, 1.54) is 12.4 Å². The number of benzene rings is 1. The van der Waals surface area contributed by atoms with Gasteiger partial charge in [0.1, 0.15) is 11.5 Å². The van der Waals surface area contributed by atoms with Gasteiger partial charge in [0.15, 0.2) is 12.0 Å². The lowest BCUT2D eigenvalue weighted by molar-refractivity contribution is -0.402. The van der Waals surface area contributed by atoms with Crippen molar-refractivity contribution in [1.29, 1.82) is 0 Å². The van der Waals surface area contributed by atoms with Crippen LogP contribution in [0.2, 0.25) is 0 Å². The molecule has 9 heteroatoms. The van der Waals surface area contributed by atoms with Crippen LogP contribution in [0, 0.1) is 10.1 Å². The number of aliphatic hydroxyl groups is 1. The third kappa shape index (κ3) is 3.04. The van der Waals surface area contributed by atoms with Crippen LogP contribution in [0.15, 0.2) is 47.1 Å². The standard InChI is InChI=1S/C14H12N4O5/c19-12(7-17-8-15-9-3-1-2-4-10(9)17)16-14(20)11-5-6-13(23-11)18(21)22/h1-6,8,14,20H,7H2,(H,16,19). The average Bonchev–Trinajstić information content (AvgIpc) is 3.15. The van der Waals surface area contributed by atoms with Crippen LogP contribution in [0.25, 0.3) is 11.0 Å². The van der Waals surface area contributed by atoms with Gasteiger partial charge in [0.25, 0.3) is 0 Å². The van der Waals surface area contributed by atoms with Crippen molar-refractivity contribution in [3.05, 3.63) is 58.6 Å². The first-order valence-electron chi connectivity index (χ1n) is 6.66. The number of aliphatic hydroxyl groups excluding tert-OH is 1. The van der Waals surface area contributed by atoms with E-state index in [0.29, 0.717) is 0 Å². The van der Waals surface area contributed by atoms with Crippen LogP contribution < -0.4 is 5.32 Å². The fraction of sp³-hybridized carbons (Fsp3) is 0.143. The van der Waals surface area contributed by atoms with Gasteiger partial charge in [0, 0.05) is 0 Å². The molecule has 1 aromatic carbocycles. The van der Waals surface area contributed by atoms with Crippen LogP contribution in [0.4, 0.5) is 5.88 Å². The number of furan rings is 1. The summed E-state index contributed by atoms with van der Waals surface area (Å²) in [6.45, 7) is -0.0552. The number of carbonyl (C=O) groups excluding carboxylic acids is 1. The number of nitro groups is 1. The minimum absolute atomic E-state index is 0.0552. The van der Waals surface area contributed by atoms with Gasteiger partial charge in [-0.2, -0.15) is 0 Å². The van der Waals surface area contributed by atoms with Crippen LogP contribution in [-0.4, -0.2) is 25.5 Å². The quantitative estimate of drug-likeness (QED) is 0.416. The number of carbonyl (C=O) groups is 1. The maximum Gasteiger partial charge on any atom is 0.433 e. The van der Waals surface area contributed by atoms with Crippen LogP contribution in [-0.2, 0) is 11.3 Å². The molecule has 1 unspecified atom stereocenters. The van der Waals surface area contributed by atoms with Crippen molar-refractivity contribution in [3.8, 4) is 0 Å². The molecule has 1 atom stereocenters. The fourth-order valence-corrected chi connectivity index (χ4v) is 2.15. The first-order valence-corrected chi connectivity index (χ1v) is 6.66. The van der Waals surface area contributed by atoms with Gasteiger partial charge >= 0.3 is 5.88 Å². The number of rotatable bonds is 5. The van der Waals surface area contributed by atoms with Crippen molar-refractivity contribution < 1.29 is 19.2 Å². The zero-order valence-electron chi connectivity index (χ0n) is 11.7. The second-order valence-corrected chi connectivity index (χ2v) is 4.76. The lowest BCUT2D eigenvalue weighted by Gasteiger charge is -2.10. The molecule has 1 amide bonds. The van der Waals surface area contributed by atoms with E-state index >= 15 is 0 Å². The molecule has 0 aliphatic heterocycles. The summed E-state index contributed by atoms with van der Waals surface area (Å²) in [5.41, 5.74) is 1.54. The molecule has 23 heavy (non-hydrogen) atoms. The average molecular weight is 316 g/mol. The molecule has 2 aromatic heterocycles. The summed E-state index contributed by atoms with van der Waals surface area (Å²) in [6.07, 6.45) is 0.0555. The van der Waals surface area contributed by atoms with E-state index in [0.717, 1.165) is 17.1 Å². The largest absolute Gasteiger partial charge is 0.433 e. The van der Waals surface area contributed by atoms with Crippen molar-refractivity contribution in [2.24, 2.45) is 0 Å². The molecule has 118 valence electrons. The molecule has 9 nitrogen and oxygen atoms in total. The molecule has 0 saturated heterocycles. The third-order valence-corrected chi connectivity index (χ3v) is 3.20. The SMILES string of the molecule is O=C(Cn1cnc2ccccc21)NC(O)c1ccc([N+](=O)[O-])o1. The van der Waals surface area contributed by atoms with Crippen molar-refractivity contribution >= 4 is 22.8 Å². The van der Waals surface area contributed by atoms with Crippen LogP contribution in [0.3, 0.4) is 0 Å². The van der Waals surface area contributed by atoms with Gasteiger partial charge in [0.05, 0.1) is 23.4 Å². The van der Waals surface area contributed by atoms with Gasteiger partial charge in [-0.05, 0) is 18.2 Å². The zero-order valence-corrected chi connectivity index (χ0v) is 11.7. The molecule has 0 fully saturated rings. The monoisotopic (exact) mass is 316 g/mol. The summed E-state index contributed by atoms with van der Waals surface area (Å²) in [6, 6.07) is 9.65. The fourth-order valence-electron chi connectivity index (χ4n) is 2.15. The van der Waals surface area contributed by atoms with Gasteiger partial charge in [-0.3, -0.25) is 14.9 Å². The van der Waals surface area contributed by atoms with Crippen LogP contribution >= 0.6 is 0 Å². The summed E-state index contributed by atoms with van der Waals surface area (Å²) in [4.78, 5) is 25.9. The van der Waals surface area contributed by atoms with Gasteiger partial charge in [-0.25, -0.2) is 4.98 Å². The molecule has 0 aliphatic carbocycles. The molecule has 3 rings (SSSR count). The Bertz CT molecular complexity index is 869. The van der Waals surface area contributed by atoms with Gasteiger partial charge in [-0.15, -0.1) is 0 Å². The highest BCUT2D eigenvalue weighted by Gasteiger charge is 2.19. The smallest absolute Gasteiger partial charge is 0.401 e. The first kappa shape index (κ1) is 14.7. The number of hydrogen-bond donors (Lipinski definition) is 2. The summed E-state index contributed by atoms with van der Waals surface area (Å²) in [5, 5.41) is 22.7. The highest BCUT2D eigenvalue weighted by atomic mass is 16.6. The predicted molar refractivity (Wildman–Crippen MR) is 78.2 cm³/mol. The maximum absolute atomic E-state index is 12.0. The molecule has 3 aromatic rings. The zero-order chi connectivity index (χ0) is 16.4. The third-order valence-electron chi connectivity index (χ3n) is 3.20. The minimum atomic E-state index is -1.47. The predicted octanol–water partition coefficient (Wildman–Crippen LogP) is 1.34. The number of nitrogens with one attached hydrogen (secondary N) is 1. The van der Waals surface area contributed by atoms with Crippen molar-refractivity contribution in [2.75, 3.05) is 0 Å². The molecule has 2 heterocycles. The lowest BCUT2D eigenvalue weighted by atomic mass is 10.3. The highest BCUT2D eigenvalue weighted by molar-refractivity contribution is 5.80. The van der Waals surface area contributed by atoms with E-state index in [-0.39, 0.29) is 12.3 Å². The molecular weight excluding hydrogens is 304 g/mol. The Morgan fingerprint density at radius 3 is 2.91 bits per heavy atom. The Morgan fingerprint density at radius 1 is 1.39 bits per heavy atom. The molecule has 0 spiro atoms. The van der Waals surface area contributed by atoms with Crippen molar-refractivity contribution in [2.45, 2.75) is 12.8 Å².